The largest absolute Gasteiger partial charge is 0.337 e. The van der Waals surface area contributed by atoms with Gasteiger partial charge >= 0.3 is 0 Å². The van der Waals surface area contributed by atoms with Crippen LogP contribution >= 0.6 is 0 Å². The number of benzene rings is 1. The van der Waals surface area contributed by atoms with E-state index in [4.69, 9.17) is 5.73 Å². The summed E-state index contributed by atoms with van der Waals surface area (Å²) >= 11 is 0. The van der Waals surface area contributed by atoms with E-state index in [2.05, 4.69) is 18.2 Å². The molecule has 2 N–H and O–H groups in total. The lowest BCUT2D eigenvalue weighted by molar-refractivity contribution is -0.138. The Balaban J connectivity index is 2.21. The first-order valence-corrected chi connectivity index (χ1v) is 7.25. The molecule has 0 atom stereocenters. The van der Waals surface area contributed by atoms with Crippen LogP contribution in [-0.2, 0) is 17.8 Å². The molecule has 0 unspecified atom stereocenters. The summed E-state index contributed by atoms with van der Waals surface area (Å²) in [6, 6.07) is 8.40. The molecule has 19 heavy (non-hydrogen) atoms. The zero-order chi connectivity index (χ0) is 13.9. The van der Waals surface area contributed by atoms with Crippen LogP contribution in [0.1, 0.15) is 44.2 Å². The summed E-state index contributed by atoms with van der Waals surface area (Å²) in [5.74, 6) is 0.106. The molecule has 1 amide bonds. The SMILES string of the molecule is CCC(N)(CC)C(=O)N1CCCc2ccccc2C1. The zero-order valence-electron chi connectivity index (χ0n) is 12.0. The summed E-state index contributed by atoms with van der Waals surface area (Å²) in [7, 11) is 0. The highest BCUT2D eigenvalue weighted by atomic mass is 16.2. The number of nitrogens with zero attached hydrogens (tertiary/aromatic N) is 1. The molecule has 1 aliphatic heterocycles. The van der Waals surface area contributed by atoms with Crippen molar-refractivity contribution in [3.05, 3.63) is 35.4 Å². The fraction of sp³-hybridized carbons (Fsp3) is 0.562. The van der Waals surface area contributed by atoms with Crippen molar-refractivity contribution in [2.24, 2.45) is 5.73 Å². The number of aryl methyl sites for hydroxylation is 1. The molecule has 2 rings (SSSR count). The van der Waals surface area contributed by atoms with E-state index < -0.39 is 5.54 Å². The molecule has 0 saturated carbocycles. The van der Waals surface area contributed by atoms with Gasteiger partial charge in [0, 0.05) is 13.1 Å². The minimum Gasteiger partial charge on any atom is -0.337 e. The second-order valence-corrected chi connectivity index (χ2v) is 5.46. The van der Waals surface area contributed by atoms with Crippen molar-refractivity contribution < 1.29 is 4.79 Å². The van der Waals surface area contributed by atoms with Crippen LogP contribution in [0.3, 0.4) is 0 Å². The number of hydrogen-bond acceptors (Lipinski definition) is 2. The summed E-state index contributed by atoms with van der Waals surface area (Å²) in [6.45, 7) is 5.50. The number of hydrogen-bond donors (Lipinski definition) is 1. The number of carbonyl (C=O) groups is 1. The molecule has 0 fully saturated rings. The highest BCUT2D eigenvalue weighted by Crippen LogP contribution is 2.22. The molecule has 1 aromatic rings. The molecule has 3 nitrogen and oxygen atoms in total. The van der Waals surface area contributed by atoms with Gasteiger partial charge in [-0.1, -0.05) is 38.1 Å². The molecule has 1 aromatic carbocycles. The monoisotopic (exact) mass is 260 g/mol. The Morgan fingerprint density at radius 3 is 2.53 bits per heavy atom. The van der Waals surface area contributed by atoms with Gasteiger partial charge in [-0.05, 0) is 36.8 Å². The Morgan fingerprint density at radius 1 is 1.26 bits per heavy atom. The number of amides is 1. The number of fused-ring (bicyclic) bond motifs is 1. The standard InChI is InChI=1S/C16H24N2O/c1-3-16(17,4-2)15(19)18-11-7-10-13-8-5-6-9-14(13)12-18/h5-6,8-9H,3-4,7,10-12,17H2,1-2H3. The third-order valence-electron chi connectivity index (χ3n) is 4.33. The number of carbonyl (C=O) groups excluding carboxylic acids is 1. The summed E-state index contributed by atoms with van der Waals surface area (Å²) in [5, 5.41) is 0. The van der Waals surface area contributed by atoms with E-state index in [1.165, 1.54) is 11.1 Å². The normalized spacial score (nSPS) is 15.8. The molecule has 0 radical (unpaired) electrons. The molecule has 3 heteroatoms. The predicted octanol–water partition coefficient (Wildman–Crippen LogP) is 2.48. The van der Waals surface area contributed by atoms with Crippen LogP contribution in [0.2, 0.25) is 0 Å². The molecule has 104 valence electrons. The topological polar surface area (TPSA) is 46.3 Å². The van der Waals surface area contributed by atoms with E-state index in [0.717, 1.165) is 19.4 Å². The summed E-state index contributed by atoms with van der Waals surface area (Å²) < 4.78 is 0. The highest BCUT2D eigenvalue weighted by molar-refractivity contribution is 5.86. The maximum atomic E-state index is 12.6. The highest BCUT2D eigenvalue weighted by Gasteiger charge is 2.34. The van der Waals surface area contributed by atoms with Gasteiger partial charge < -0.3 is 10.6 Å². The van der Waals surface area contributed by atoms with Gasteiger partial charge in [-0.15, -0.1) is 0 Å². The smallest absolute Gasteiger partial charge is 0.242 e. The van der Waals surface area contributed by atoms with Crippen LogP contribution in [-0.4, -0.2) is 22.9 Å². The molecule has 0 saturated heterocycles. The Labute approximate surface area is 115 Å². The Bertz CT molecular complexity index is 452. The van der Waals surface area contributed by atoms with Crippen molar-refractivity contribution in [3.8, 4) is 0 Å². The van der Waals surface area contributed by atoms with Gasteiger partial charge in [0.15, 0.2) is 0 Å². The van der Waals surface area contributed by atoms with Crippen LogP contribution < -0.4 is 5.73 Å². The van der Waals surface area contributed by atoms with Crippen molar-refractivity contribution in [1.82, 2.24) is 4.90 Å². The fourth-order valence-corrected chi connectivity index (χ4v) is 2.74. The second-order valence-electron chi connectivity index (χ2n) is 5.46. The summed E-state index contributed by atoms with van der Waals surface area (Å²) in [4.78, 5) is 14.6. The van der Waals surface area contributed by atoms with Gasteiger partial charge in [-0.3, -0.25) is 4.79 Å². The van der Waals surface area contributed by atoms with Gasteiger partial charge in [0.25, 0.3) is 0 Å². The van der Waals surface area contributed by atoms with E-state index in [9.17, 15) is 4.79 Å². The molecule has 0 aliphatic carbocycles. The van der Waals surface area contributed by atoms with Crippen LogP contribution in [0.5, 0.6) is 0 Å². The van der Waals surface area contributed by atoms with Gasteiger partial charge in [-0.25, -0.2) is 0 Å². The van der Waals surface area contributed by atoms with Crippen LogP contribution in [0, 0.1) is 0 Å². The second kappa shape index (κ2) is 5.74. The van der Waals surface area contributed by atoms with Gasteiger partial charge in [-0.2, -0.15) is 0 Å². The van der Waals surface area contributed by atoms with E-state index in [-0.39, 0.29) is 5.91 Å². The van der Waals surface area contributed by atoms with E-state index >= 15 is 0 Å². The first-order chi connectivity index (χ1) is 9.10. The van der Waals surface area contributed by atoms with Crippen molar-refractivity contribution >= 4 is 5.91 Å². The third-order valence-corrected chi connectivity index (χ3v) is 4.33. The van der Waals surface area contributed by atoms with Crippen molar-refractivity contribution in [1.29, 1.82) is 0 Å². The zero-order valence-corrected chi connectivity index (χ0v) is 12.0. The maximum Gasteiger partial charge on any atom is 0.242 e. The first-order valence-electron chi connectivity index (χ1n) is 7.25. The molecule has 0 bridgehead atoms. The maximum absolute atomic E-state index is 12.6. The Kier molecular flexibility index (Phi) is 4.25. The van der Waals surface area contributed by atoms with Crippen molar-refractivity contribution in [3.63, 3.8) is 0 Å². The lowest BCUT2D eigenvalue weighted by atomic mass is 9.92. The molecule has 0 spiro atoms. The van der Waals surface area contributed by atoms with E-state index in [1.54, 1.807) is 0 Å². The average Bonchev–Trinajstić information content (AvgIpc) is 2.67. The van der Waals surface area contributed by atoms with Crippen LogP contribution in [0.4, 0.5) is 0 Å². The van der Waals surface area contributed by atoms with Gasteiger partial charge in [0.05, 0.1) is 5.54 Å². The summed E-state index contributed by atoms with van der Waals surface area (Å²) in [6.07, 6.45) is 3.46. The third kappa shape index (κ3) is 2.81. The summed E-state index contributed by atoms with van der Waals surface area (Å²) in [5.41, 5.74) is 8.19. The van der Waals surface area contributed by atoms with E-state index in [0.29, 0.717) is 19.4 Å². The van der Waals surface area contributed by atoms with Crippen LogP contribution in [0.15, 0.2) is 24.3 Å². The van der Waals surface area contributed by atoms with E-state index in [1.807, 2.05) is 24.8 Å². The lowest BCUT2D eigenvalue weighted by Gasteiger charge is -2.32. The minimum atomic E-state index is -0.695. The quantitative estimate of drug-likeness (QED) is 0.907. The fourth-order valence-electron chi connectivity index (χ4n) is 2.74. The molecular weight excluding hydrogens is 236 g/mol. The lowest BCUT2D eigenvalue weighted by Crippen LogP contribution is -2.54. The number of nitrogens with two attached hydrogens (primary N) is 1. The van der Waals surface area contributed by atoms with Gasteiger partial charge in [0.2, 0.25) is 5.91 Å². The molecule has 1 aliphatic rings. The first kappa shape index (κ1) is 14.1. The molecular formula is C16H24N2O. The van der Waals surface area contributed by atoms with Crippen molar-refractivity contribution in [2.75, 3.05) is 6.54 Å². The predicted molar refractivity (Wildman–Crippen MR) is 77.7 cm³/mol. The minimum absolute atomic E-state index is 0.106. The van der Waals surface area contributed by atoms with Gasteiger partial charge in [0.1, 0.15) is 0 Å². The average molecular weight is 260 g/mol. The molecule has 1 heterocycles. The number of rotatable bonds is 3. The van der Waals surface area contributed by atoms with Crippen LogP contribution in [0.25, 0.3) is 0 Å². The Morgan fingerprint density at radius 2 is 1.89 bits per heavy atom. The van der Waals surface area contributed by atoms with Crippen molar-refractivity contribution in [2.45, 2.75) is 51.6 Å². The Hall–Kier alpha value is -1.35. The molecule has 0 aromatic heterocycles.